The fraction of sp³-hybridized carbons (Fsp3) is 0.500. The summed E-state index contributed by atoms with van der Waals surface area (Å²) in [5, 5.41) is 14.5. The number of amides is 2. The number of nitrogens with zero attached hydrogens (tertiary/aromatic N) is 1. The van der Waals surface area contributed by atoms with Gasteiger partial charge in [-0.3, -0.25) is 9.59 Å². The van der Waals surface area contributed by atoms with Gasteiger partial charge in [0.2, 0.25) is 0 Å². The number of hydrogen-bond acceptors (Lipinski definition) is 5. The van der Waals surface area contributed by atoms with Crippen molar-refractivity contribution in [3.8, 4) is 5.75 Å². The van der Waals surface area contributed by atoms with Gasteiger partial charge in [0, 0.05) is 53.7 Å². The van der Waals surface area contributed by atoms with Crippen LogP contribution in [0.25, 0.3) is 0 Å². The van der Waals surface area contributed by atoms with Gasteiger partial charge in [-0.15, -0.1) is 0 Å². The summed E-state index contributed by atoms with van der Waals surface area (Å²) in [5.41, 5.74) is 4.22. The van der Waals surface area contributed by atoms with Crippen molar-refractivity contribution in [2.75, 3.05) is 18.6 Å². The summed E-state index contributed by atoms with van der Waals surface area (Å²) in [6.07, 6.45) is 2.27. The van der Waals surface area contributed by atoms with E-state index in [1.807, 2.05) is 32.9 Å². The first kappa shape index (κ1) is 26.1. The maximum absolute atomic E-state index is 13.2. The van der Waals surface area contributed by atoms with Crippen molar-refractivity contribution >= 4 is 17.7 Å². The molecule has 2 aromatic rings. The number of carbonyl (C=O) groups is 2. The van der Waals surface area contributed by atoms with Crippen molar-refractivity contribution in [1.82, 2.24) is 15.6 Å². The number of H-pyrrole nitrogens is 1. The van der Waals surface area contributed by atoms with Crippen molar-refractivity contribution in [3.05, 3.63) is 56.5 Å². The van der Waals surface area contributed by atoms with Gasteiger partial charge < -0.3 is 30.4 Å². The fourth-order valence-corrected chi connectivity index (χ4v) is 5.02. The van der Waals surface area contributed by atoms with Crippen molar-refractivity contribution in [1.29, 1.82) is 0 Å². The zero-order chi connectivity index (χ0) is 25.7. The van der Waals surface area contributed by atoms with Gasteiger partial charge in [0.15, 0.2) is 0 Å². The van der Waals surface area contributed by atoms with Crippen LogP contribution in [0.4, 0.5) is 10.5 Å². The number of ether oxygens (including phenoxy) is 1. The molecule has 0 saturated heterocycles. The first-order valence-electron chi connectivity index (χ1n) is 12.1. The molecule has 0 bridgehead atoms. The minimum Gasteiger partial charge on any atom is -0.497 e. The van der Waals surface area contributed by atoms with Crippen molar-refractivity contribution in [3.63, 3.8) is 0 Å². The lowest BCUT2D eigenvalue weighted by Crippen LogP contribution is -2.44. The van der Waals surface area contributed by atoms with E-state index in [0.29, 0.717) is 16.9 Å². The van der Waals surface area contributed by atoms with E-state index in [1.54, 1.807) is 13.2 Å². The molecule has 0 unspecified atom stereocenters. The first-order valence-corrected chi connectivity index (χ1v) is 12.1. The Morgan fingerprint density at radius 2 is 1.83 bits per heavy atom. The molecule has 9 heteroatoms. The molecule has 1 aliphatic rings. The quantitative estimate of drug-likeness (QED) is 0.454. The third-order valence-electron chi connectivity index (χ3n) is 6.87. The maximum Gasteiger partial charge on any atom is 0.404 e. The summed E-state index contributed by atoms with van der Waals surface area (Å²) >= 11 is 0. The Hall–Kier alpha value is -3.49. The van der Waals surface area contributed by atoms with Crippen LogP contribution in [0, 0.1) is 20.8 Å². The average Bonchev–Trinajstić information content (AvgIpc) is 2.80. The molecule has 1 aliphatic carbocycles. The molecule has 35 heavy (non-hydrogen) atoms. The van der Waals surface area contributed by atoms with Crippen LogP contribution < -0.4 is 25.8 Å². The van der Waals surface area contributed by atoms with E-state index in [4.69, 9.17) is 9.84 Å². The van der Waals surface area contributed by atoms with Crippen LogP contribution in [-0.2, 0) is 6.54 Å². The standard InChI is InChI=1S/C26H36N4O5/c1-6-30(19-9-7-18(8-10-19)29-26(33)34)23-13-20(35-5)12-21(17(23)4)24(31)27-14-22-15(2)11-16(3)28-25(22)32/h11-13,18-19,29H,6-10,14H2,1-5H3,(H,27,31)(H,28,32)(H,33,34)/t18-,19-. The second-order valence-corrected chi connectivity index (χ2v) is 9.19. The highest BCUT2D eigenvalue weighted by molar-refractivity contribution is 5.97. The van der Waals surface area contributed by atoms with Gasteiger partial charge >= 0.3 is 6.09 Å². The topological polar surface area (TPSA) is 124 Å². The summed E-state index contributed by atoms with van der Waals surface area (Å²) in [7, 11) is 1.57. The molecule has 2 amide bonds. The number of carbonyl (C=O) groups excluding carboxylic acids is 1. The van der Waals surface area contributed by atoms with E-state index in [2.05, 4.69) is 27.4 Å². The molecule has 0 aliphatic heterocycles. The Morgan fingerprint density at radius 1 is 1.14 bits per heavy atom. The molecule has 4 N–H and O–H groups in total. The molecule has 1 fully saturated rings. The molecule has 1 aromatic carbocycles. The predicted molar refractivity (Wildman–Crippen MR) is 136 cm³/mol. The van der Waals surface area contributed by atoms with Gasteiger partial charge in [0.1, 0.15) is 5.75 Å². The van der Waals surface area contributed by atoms with E-state index < -0.39 is 6.09 Å². The number of benzene rings is 1. The lowest BCUT2D eigenvalue weighted by molar-refractivity contribution is 0.0949. The van der Waals surface area contributed by atoms with Crippen LogP contribution in [0.3, 0.4) is 0 Å². The molecule has 190 valence electrons. The van der Waals surface area contributed by atoms with Crippen LogP contribution in [0.2, 0.25) is 0 Å². The van der Waals surface area contributed by atoms with E-state index in [1.165, 1.54) is 0 Å². The lowest BCUT2D eigenvalue weighted by Gasteiger charge is -2.39. The number of aromatic amines is 1. The zero-order valence-electron chi connectivity index (χ0n) is 21.2. The summed E-state index contributed by atoms with van der Waals surface area (Å²) in [6.45, 7) is 8.56. The third kappa shape index (κ3) is 6.15. The number of carboxylic acid groups (broad SMARTS) is 1. The van der Waals surface area contributed by atoms with E-state index in [9.17, 15) is 14.4 Å². The highest BCUT2D eigenvalue weighted by Crippen LogP contribution is 2.34. The lowest BCUT2D eigenvalue weighted by atomic mass is 9.89. The Labute approximate surface area is 205 Å². The highest BCUT2D eigenvalue weighted by atomic mass is 16.5. The van der Waals surface area contributed by atoms with Crippen molar-refractivity contribution < 1.29 is 19.4 Å². The van der Waals surface area contributed by atoms with Gasteiger partial charge in [-0.1, -0.05) is 0 Å². The molecule has 0 atom stereocenters. The van der Waals surface area contributed by atoms with Crippen LogP contribution in [0.1, 0.15) is 65.3 Å². The molecule has 1 saturated carbocycles. The molecular weight excluding hydrogens is 448 g/mol. The number of hydrogen-bond donors (Lipinski definition) is 4. The molecule has 1 aromatic heterocycles. The summed E-state index contributed by atoms with van der Waals surface area (Å²) in [4.78, 5) is 41.6. The largest absolute Gasteiger partial charge is 0.497 e. The maximum atomic E-state index is 13.2. The monoisotopic (exact) mass is 484 g/mol. The molecule has 9 nitrogen and oxygen atoms in total. The second-order valence-electron chi connectivity index (χ2n) is 9.19. The van der Waals surface area contributed by atoms with E-state index >= 15 is 0 Å². The Kier molecular flexibility index (Phi) is 8.43. The number of aryl methyl sites for hydroxylation is 2. The normalized spacial score (nSPS) is 17.5. The molecule has 0 spiro atoms. The number of aromatic nitrogens is 1. The van der Waals surface area contributed by atoms with Gasteiger partial charge in [-0.2, -0.15) is 0 Å². The third-order valence-corrected chi connectivity index (χ3v) is 6.87. The summed E-state index contributed by atoms with van der Waals surface area (Å²) in [6, 6.07) is 5.77. The number of rotatable bonds is 8. The fourth-order valence-electron chi connectivity index (χ4n) is 5.02. The van der Waals surface area contributed by atoms with Gasteiger partial charge in [0.05, 0.1) is 7.11 Å². The average molecular weight is 485 g/mol. The zero-order valence-corrected chi connectivity index (χ0v) is 21.2. The minimum absolute atomic E-state index is 0.0245. The van der Waals surface area contributed by atoms with Crippen molar-refractivity contribution in [2.45, 2.75) is 72.0 Å². The summed E-state index contributed by atoms with van der Waals surface area (Å²) < 4.78 is 5.52. The van der Waals surface area contributed by atoms with E-state index in [0.717, 1.165) is 54.7 Å². The van der Waals surface area contributed by atoms with Gasteiger partial charge in [-0.05, 0) is 76.6 Å². The number of pyridine rings is 1. The Morgan fingerprint density at radius 3 is 2.40 bits per heavy atom. The number of anilines is 1. The van der Waals surface area contributed by atoms with Gasteiger partial charge in [0.25, 0.3) is 11.5 Å². The van der Waals surface area contributed by atoms with Crippen LogP contribution in [0.5, 0.6) is 5.75 Å². The first-order chi connectivity index (χ1) is 16.6. The van der Waals surface area contributed by atoms with Crippen LogP contribution >= 0.6 is 0 Å². The minimum atomic E-state index is -0.983. The smallest absolute Gasteiger partial charge is 0.404 e. The highest BCUT2D eigenvalue weighted by Gasteiger charge is 2.28. The number of methoxy groups -OCH3 is 1. The van der Waals surface area contributed by atoms with Gasteiger partial charge in [-0.25, -0.2) is 4.79 Å². The molecular formula is C26H36N4O5. The Balaban J connectivity index is 1.83. The Bertz CT molecular complexity index is 1140. The molecule has 0 radical (unpaired) electrons. The number of nitrogens with one attached hydrogen (secondary N) is 3. The SMILES string of the molecule is CCN(c1cc(OC)cc(C(=O)NCc2c(C)cc(C)[nH]c2=O)c1C)[C@H]1CC[C@H](NC(=O)O)CC1. The van der Waals surface area contributed by atoms with Crippen LogP contribution in [-0.4, -0.2) is 47.8 Å². The van der Waals surface area contributed by atoms with Crippen molar-refractivity contribution in [2.24, 2.45) is 0 Å². The van der Waals surface area contributed by atoms with E-state index in [-0.39, 0.29) is 30.1 Å². The molecule has 3 rings (SSSR count). The second kappa shape index (κ2) is 11.3. The predicted octanol–water partition coefficient (Wildman–Crippen LogP) is 3.64. The van der Waals surface area contributed by atoms with Crippen LogP contribution in [0.15, 0.2) is 23.0 Å². The summed E-state index contributed by atoms with van der Waals surface area (Å²) in [5.74, 6) is 0.312. The molecule has 1 heterocycles.